The lowest BCUT2D eigenvalue weighted by Gasteiger charge is -2.06. The Balaban J connectivity index is 1.33. The summed E-state index contributed by atoms with van der Waals surface area (Å²) in [6.45, 7) is 0.754. The molecule has 1 aliphatic rings. The van der Waals surface area contributed by atoms with E-state index in [1.165, 1.54) is 17.1 Å². The quantitative estimate of drug-likeness (QED) is 0.651. The Morgan fingerprint density at radius 1 is 1.21 bits per heavy atom. The van der Waals surface area contributed by atoms with Crippen molar-refractivity contribution in [2.45, 2.75) is 25.3 Å². The second-order valence-corrected chi connectivity index (χ2v) is 6.07. The molecule has 0 spiro atoms. The predicted octanol–water partition coefficient (Wildman–Crippen LogP) is 2.50. The monoisotopic (exact) mass is 321 g/mol. The highest BCUT2D eigenvalue weighted by atomic mass is 16.2. The van der Waals surface area contributed by atoms with E-state index in [0.29, 0.717) is 17.6 Å². The maximum atomic E-state index is 11.9. The summed E-state index contributed by atoms with van der Waals surface area (Å²) >= 11 is 0. The smallest absolute Gasteiger partial charge is 0.271 e. The van der Waals surface area contributed by atoms with E-state index in [0.717, 1.165) is 31.3 Å². The lowest BCUT2D eigenvalue weighted by Crippen LogP contribution is -2.26. The lowest BCUT2D eigenvalue weighted by molar-refractivity contribution is 0.0945. The fourth-order valence-corrected chi connectivity index (χ4v) is 2.69. The van der Waals surface area contributed by atoms with Crippen LogP contribution in [0.15, 0.2) is 42.9 Å². The Morgan fingerprint density at radius 3 is 2.88 bits per heavy atom. The number of carbonyl (C=O) groups is 1. The second kappa shape index (κ2) is 6.31. The fraction of sp³-hybridized carbons (Fsp3) is 0.278. The standard InChI is InChI=1S/C18H19N5O/c24-18(23-13-5-6-13)16-10-22-17(11-21-16)19-8-7-12-9-20-15-4-2-1-3-14(12)15/h1-4,9-11,13,20H,5-8H2,(H,19,22)(H,23,24). The molecule has 1 saturated carbocycles. The molecule has 122 valence electrons. The number of hydrogen-bond donors (Lipinski definition) is 3. The number of nitrogens with zero attached hydrogens (tertiary/aromatic N) is 2. The summed E-state index contributed by atoms with van der Waals surface area (Å²) in [5, 5.41) is 7.40. The average Bonchev–Trinajstić information content (AvgIpc) is 3.34. The summed E-state index contributed by atoms with van der Waals surface area (Å²) in [5.41, 5.74) is 2.79. The topological polar surface area (TPSA) is 82.7 Å². The summed E-state index contributed by atoms with van der Waals surface area (Å²) in [6, 6.07) is 8.59. The van der Waals surface area contributed by atoms with Crippen LogP contribution in [0.2, 0.25) is 0 Å². The van der Waals surface area contributed by atoms with Crippen LogP contribution in [0.3, 0.4) is 0 Å². The summed E-state index contributed by atoms with van der Waals surface area (Å²) in [4.78, 5) is 23.6. The maximum Gasteiger partial charge on any atom is 0.271 e. The zero-order valence-electron chi connectivity index (χ0n) is 13.2. The number of amides is 1. The highest BCUT2D eigenvalue weighted by Crippen LogP contribution is 2.19. The molecule has 0 aliphatic heterocycles. The molecule has 0 saturated heterocycles. The minimum atomic E-state index is -0.143. The Morgan fingerprint density at radius 2 is 2.08 bits per heavy atom. The normalized spacial score (nSPS) is 13.8. The number of aromatic amines is 1. The van der Waals surface area contributed by atoms with E-state index < -0.39 is 0 Å². The van der Waals surface area contributed by atoms with Gasteiger partial charge in [0.15, 0.2) is 0 Å². The highest BCUT2D eigenvalue weighted by molar-refractivity contribution is 5.92. The van der Waals surface area contributed by atoms with Crippen molar-refractivity contribution in [3.05, 3.63) is 54.1 Å². The van der Waals surface area contributed by atoms with E-state index in [2.05, 4.69) is 37.7 Å². The van der Waals surface area contributed by atoms with Gasteiger partial charge in [-0.25, -0.2) is 9.97 Å². The Bertz CT molecular complexity index is 851. The minimum Gasteiger partial charge on any atom is -0.368 e. The number of anilines is 1. The minimum absolute atomic E-state index is 0.143. The summed E-state index contributed by atoms with van der Waals surface area (Å²) in [6.07, 6.45) is 8.18. The summed E-state index contributed by atoms with van der Waals surface area (Å²) in [7, 11) is 0. The molecule has 0 radical (unpaired) electrons. The molecule has 2 aromatic heterocycles. The van der Waals surface area contributed by atoms with E-state index in [9.17, 15) is 4.79 Å². The van der Waals surface area contributed by atoms with Gasteiger partial charge in [0.05, 0.1) is 12.4 Å². The van der Waals surface area contributed by atoms with Crippen LogP contribution >= 0.6 is 0 Å². The zero-order valence-corrected chi connectivity index (χ0v) is 13.2. The molecule has 0 atom stereocenters. The van der Waals surface area contributed by atoms with Crippen LogP contribution in [0.5, 0.6) is 0 Å². The number of fused-ring (bicyclic) bond motifs is 1. The van der Waals surface area contributed by atoms with Gasteiger partial charge in [0.25, 0.3) is 5.91 Å². The molecule has 24 heavy (non-hydrogen) atoms. The average molecular weight is 321 g/mol. The van der Waals surface area contributed by atoms with Crippen LogP contribution in [-0.2, 0) is 6.42 Å². The Hall–Kier alpha value is -2.89. The highest BCUT2D eigenvalue weighted by Gasteiger charge is 2.24. The lowest BCUT2D eigenvalue weighted by atomic mass is 10.1. The maximum absolute atomic E-state index is 11.9. The van der Waals surface area contributed by atoms with Gasteiger partial charge in [-0.15, -0.1) is 0 Å². The first-order valence-electron chi connectivity index (χ1n) is 8.21. The molecule has 3 N–H and O–H groups in total. The van der Waals surface area contributed by atoms with Gasteiger partial charge in [0, 0.05) is 29.7 Å². The van der Waals surface area contributed by atoms with Crippen LogP contribution in [0.4, 0.5) is 5.82 Å². The summed E-state index contributed by atoms with van der Waals surface area (Å²) < 4.78 is 0. The SMILES string of the molecule is O=C(NC1CC1)c1cnc(NCCc2c[nH]c3ccccc23)cn1. The van der Waals surface area contributed by atoms with Gasteiger partial charge < -0.3 is 15.6 Å². The van der Waals surface area contributed by atoms with Crippen LogP contribution < -0.4 is 10.6 Å². The molecule has 6 nitrogen and oxygen atoms in total. The van der Waals surface area contributed by atoms with E-state index >= 15 is 0 Å². The van der Waals surface area contributed by atoms with E-state index in [-0.39, 0.29) is 5.91 Å². The van der Waals surface area contributed by atoms with Crippen molar-refractivity contribution >= 4 is 22.6 Å². The van der Waals surface area contributed by atoms with Gasteiger partial charge in [0.1, 0.15) is 11.5 Å². The van der Waals surface area contributed by atoms with Gasteiger partial charge in [-0.05, 0) is 30.9 Å². The van der Waals surface area contributed by atoms with Crippen molar-refractivity contribution in [3.63, 3.8) is 0 Å². The van der Waals surface area contributed by atoms with Crippen molar-refractivity contribution in [2.75, 3.05) is 11.9 Å². The van der Waals surface area contributed by atoms with Crippen LogP contribution in [0, 0.1) is 0 Å². The van der Waals surface area contributed by atoms with Crippen LogP contribution in [0.1, 0.15) is 28.9 Å². The van der Waals surface area contributed by atoms with Gasteiger partial charge in [-0.3, -0.25) is 4.79 Å². The number of H-pyrrole nitrogens is 1. The molecule has 4 rings (SSSR count). The first kappa shape index (κ1) is 14.7. The van der Waals surface area contributed by atoms with E-state index in [1.54, 1.807) is 6.20 Å². The molecular formula is C18H19N5O. The third kappa shape index (κ3) is 3.22. The molecule has 0 bridgehead atoms. The largest absolute Gasteiger partial charge is 0.368 e. The van der Waals surface area contributed by atoms with Crippen molar-refractivity contribution in [3.8, 4) is 0 Å². The van der Waals surface area contributed by atoms with Gasteiger partial charge in [0.2, 0.25) is 0 Å². The van der Waals surface area contributed by atoms with Crippen molar-refractivity contribution in [1.29, 1.82) is 0 Å². The number of benzene rings is 1. The predicted molar refractivity (Wildman–Crippen MR) is 93.0 cm³/mol. The van der Waals surface area contributed by atoms with Crippen molar-refractivity contribution in [1.82, 2.24) is 20.3 Å². The van der Waals surface area contributed by atoms with Gasteiger partial charge in [-0.1, -0.05) is 18.2 Å². The van der Waals surface area contributed by atoms with Gasteiger partial charge >= 0.3 is 0 Å². The molecule has 3 aromatic rings. The Labute approximate surface area is 139 Å². The van der Waals surface area contributed by atoms with E-state index in [1.807, 2.05) is 18.3 Å². The number of aromatic nitrogens is 3. The first-order chi connectivity index (χ1) is 11.8. The van der Waals surface area contributed by atoms with Gasteiger partial charge in [-0.2, -0.15) is 0 Å². The Kier molecular flexibility index (Phi) is 3.86. The fourth-order valence-electron chi connectivity index (χ4n) is 2.69. The number of rotatable bonds is 6. The molecule has 0 unspecified atom stereocenters. The van der Waals surface area contributed by atoms with Crippen molar-refractivity contribution < 1.29 is 4.79 Å². The number of para-hydroxylation sites is 1. The third-order valence-corrected chi connectivity index (χ3v) is 4.17. The van der Waals surface area contributed by atoms with Crippen LogP contribution in [-0.4, -0.2) is 33.4 Å². The van der Waals surface area contributed by atoms with Crippen LogP contribution in [0.25, 0.3) is 10.9 Å². The molecule has 6 heteroatoms. The van der Waals surface area contributed by atoms with E-state index in [4.69, 9.17) is 0 Å². The molecule has 1 aromatic carbocycles. The molecule has 2 heterocycles. The number of carbonyl (C=O) groups excluding carboxylic acids is 1. The zero-order chi connectivity index (χ0) is 16.4. The molecular weight excluding hydrogens is 302 g/mol. The first-order valence-corrected chi connectivity index (χ1v) is 8.21. The van der Waals surface area contributed by atoms with Crippen molar-refractivity contribution in [2.24, 2.45) is 0 Å². The number of nitrogens with one attached hydrogen (secondary N) is 3. The molecule has 1 amide bonds. The molecule has 1 aliphatic carbocycles. The molecule has 1 fully saturated rings. The second-order valence-electron chi connectivity index (χ2n) is 6.07. The summed E-state index contributed by atoms with van der Waals surface area (Å²) in [5.74, 6) is 0.535. The number of hydrogen-bond acceptors (Lipinski definition) is 4. The third-order valence-electron chi connectivity index (χ3n) is 4.17.